The third kappa shape index (κ3) is 24.9. The Labute approximate surface area is 334 Å². The molecule has 9 atom stereocenters. The zero-order valence-electron chi connectivity index (χ0n) is 34.7. The fourth-order valence-electron chi connectivity index (χ4n) is 7.07. The third-order valence-electron chi connectivity index (χ3n) is 10.8. The maximum atomic E-state index is 13.0. The molecule has 1 heterocycles. The molecule has 1 rings (SSSR count). The molecule has 0 spiro atoms. The Balaban J connectivity index is 2.38. The molecular weight excluding hydrogens is 702 g/mol. The van der Waals surface area contributed by atoms with Crippen molar-refractivity contribution < 1.29 is 50.0 Å². The van der Waals surface area contributed by atoms with E-state index >= 15 is 0 Å². The number of carbonyl (C=O) groups is 1. The van der Waals surface area contributed by atoms with E-state index in [0.29, 0.717) is 19.3 Å². The van der Waals surface area contributed by atoms with E-state index in [-0.39, 0.29) is 6.42 Å². The molecule has 0 radical (unpaired) electrons. The van der Waals surface area contributed by atoms with E-state index in [4.69, 9.17) is 9.47 Å². The minimum atomic E-state index is -1.66. The first-order valence-electron chi connectivity index (χ1n) is 22.2. The van der Waals surface area contributed by atoms with Crippen molar-refractivity contribution in [1.29, 1.82) is 0 Å². The number of hydrogen-bond donors (Lipinski definition) is 8. The summed E-state index contributed by atoms with van der Waals surface area (Å²) in [7, 11) is 0. The topological polar surface area (TPSA) is 189 Å². The van der Waals surface area contributed by atoms with Crippen LogP contribution in [0.25, 0.3) is 0 Å². The van der Waals surface area contributed by atoms with Gasteiger partial charge in [-0.25, -0.2) is 0 Å². The van der Waals surface area contributed by atoms with Gasteiger partial charge in [-0.2, -0.15) is 0 Å². The number of allylic oxidation sites excluding steroid dienone is 4. The number of carbonyl (C=O) groups excluding carboxylic acids is 1. The van der Waals surface area contributed by atoms with Gasteiger partial charge < -0.3 is 50.5 Å². The smallest absolute Gasteiger partial charge is 0.249 e. The number of rotatable bonds is 36. The lowest BCUT2D eigenvalue weighted by molar-refractivity contribution is -0.303. The maximum Gasteiger partial charge on any atom is 0.249 e. The fourth-order valence-corrected chi connectivity index (χ4v) is 7.07. The largest absolute Gasteiger partial charge is 0.394 e. The summed E-state index contributed by atoms with van der Waals surface area (Å²) < 4.78 is 11.0. The van der Waals surface area contributed by atoms with Gasteiger partial charge in [0.15, 0.2) is 6.29 Å². The summed E-state index contributed by atoms with van der Waals surface area (Å²) in [5, 5.41) is 75.3. The molecule has 1 saturated heterocycles. The van der Waals surface area contributed by atoms with E-state index in [9.17, 15) is 40.5 Å². The molecule has 11 nitrogen and oxygen atoms in total. The Morgan fingerprint density at radius 1 is 0.655 bits per heavy atom. The Morgan fingerprint density at radius 3 is 1.71 bits per heavy atom. The van der Waals surface area contributed by atoms with Crippen molar-refractivity contribution in [3.8, 4) is 0 Å². The van der Waals surface area contributed by atoms with Crippen molar-refractivity contribution in [2.24, 2.45) is 0 Å². The van der Waals surface area contributed by atoms with Gasteiger partial charge in [0.2, 0.25) is 5.91 Å². The molecule has 1 amide bonds. The molecule has 0 aromatic rings. The molecule has 1 aliphatic heterocycles. The van der Waals surface area contributed by atoms with Crippen molar-refractivity contribution >= 4 is 5.91 Å². The van der Waals surface area contributed by atoms with Crippen molar-refractivity contribution in [3.63, 3.8) is 0 Å². The van der Waals surface area contributed by atoms with Crippen LogP contribution in [-0.2, 0) is 14.3 Å². The molecule has 0 aromatic carbocycles. The lowest BCUT2D eigenvalue weighted by Gasteiger charge is -2.40. The number of hydrogen-bond acceptors (Lipinski definition) is 10. The van der Waals surface area contributed by atoms with Crippen LogP contribution in [0.2, 0.25) is 0 Å². The van der Waals surface area contributed by atoms with Gasteiger partial charge in [0.1, 0.15) is 36.6 Å². The summed E-state index contributed by atoms with van der Waals surface area (Å²) >= 11 is 0. The highest BCUT2D eigenvalue weighted by atomic mass is 16.7. The zero-order chi connectivity index (χ0) is 40.5. The van der Waals surface area contributed by atoms with Crippen molar-refractivity contribution in [2.75, 3.05) is 13.2 Å². The van der Waals surface area contributed by atoms with Gasteiger partial charge in [0.25, 0.3) is 0 Å². The van der Waals surface area contributed by atoms with E-state index in [1.54, 1.807) is 0 Å². The van der Waals surface area contributed by atoms with Gasteiger partial charge in [-0.3, -0.25) is 4.79 Å². The minimum absolute atomic E-state index is 0.260. The summed E-state index contributed by atoms with van der Waals surface area (Å²) in [5.74, 6) is -0.701. The summed E-state index contributed by atoms with van der Waals surface area (Å²) in [6.07, 6.45) is 25.4. The summed E-state index contributed by atoms with van der Waals surface area (Å²) in [6, 6.07) is -1.16. The maximum absolute atomic E-state index is 13.0. The Kier molecular flexibility index (Phi) is 32.5. The van der Waals surface area contributed by atoms with Gasteiger partial charge in [-0.15, -0.1) is 0 Å². The van der Waals surface area contributed by atoms with Crippen LogP contribution in [0.15, 0.2) is 24.3 Å². The van der Waals surface area contributed by atoms with Crippen LogP contribution in [0.3, 0.4) is 0 Å². The van der Waals surface area contributed by atoms with Crippen LogP contribution >= 0.6 is 0 Å². The number of nitrogens with one attached hydrogen (secondary N) is 1. The van der Waals surface area contributed by atoms with Crippen molar-refractivity contribution in [3.05, 3.63) is 24.3 Å². The van der Waals surface area contributed by atoms with Crippen LogP contribution in [-0.4, -0.2) is 110 Å². The first-order valence-corrected chi connectivity index (χ1v) is 22.2. The van der Waals surface area contributed by atoms with Gasteiger partial charge in [-0.1, -0.05) is 167 Å². The minimum Gasteiger partial charge on any atom is -0.394 e. The monoisotopic (exact) mass is 786 g/mol. The summed E-state index contributed by atoms with van der Waals surface area (Å²) in [5.41, 5.74) is 0. The quantitative estimate of drug-likeness (QED) is 0.0252. The molecule has 0 aliphatic carbocycles. The van der Waals surface area contributed by atoms with E-state index in [2.05, 4.69) is 43.5 Å². The predicted molar refractivity (Wildman–Crippen MR) is 219 cm³/mol. The summed E-state index contributed by atoms with van der Waals surface area (Å²) in [6.45, 7) is 3.28. The van der Waals surface area contributed by atoms with E-state index in [0.717, 1.165) is 51.4 Å². The fraction of sp³-hybridized carbons (Fsp3) is 0.886. The van der Waals surface area contributed by atoms with Crippen LogP contribution < -0.4 is 5.32 Å². The molecule has 0 bridgehead atoms. The average molecular weight is 786 g/mol. The normalized spacial score (nSPS) is 22.7. The van der Waals surface area contributed by atoms with Crippen LogP contribution in [0.1, 0.15) is 181 Å². The first kappa shape index (κ1) is 51.6. The molecule has 9 unspecified atom stereocenters. The molecule has 11 heteroatoms. The Hall–Kier alpha value is -1.41. The molecule has 1 fully saturated rings. The van der Waals surface area contributed by atoms with E-state index in [1.807, 2.05) is 0 Å². The summed E-state index contributed by atoms with van der Waals surface area (Å²) in [4.78, 5) is 13.0. The molecule has 55 heavy (non-hydrogen) atoms. The molecule has 1 aliphatic rings. The number of unbranched alkanes of at least 4 members (excludes halogenated alkanes) is 20. The second-order valence-electron chi connectivity index (χ2n) is 15.7. The Bertz CT molecular complexity index is 950. The lowest BCUT2D eigenvalue weighted by atomic mass is 9.98. The van der Waals surface area contributed by atoms with E-state index < -0.39 is 74.2 Å². The standard InChI is InChI=1S/C44H83NO10/c1-3-5-7-9-11-13-14-15-16-17-18-19-20-21-22-23-24-26-28-30-32-37(48)43(53)45-35(34-54-44-42(52)41(51)40(50)38(33-46)55-44)39(49)36(47)31-29-27-25-12-10-8-6-4-2/h5,7,11,13,35-42,44,46-52H,3-4,6,8-10,12,14-34H2,1-2H3,(H,45,53)/b7-5-,13-11-. The predicted octanol–water partition coefficient (Wildman–Crippen LogP) is 6.67. The van der Waals surface area contributed by atoms with E-state index in [1.165, 1.54) is 89.9 Å². The van der Waals surface area contributed by atoms with Crippen LogP contribution in [0.4, 0.5) is 0 Å². The average Bonchev–Trinajstić information content (AvgIpc) is 3.18. The second kappa shape index (κ2) is 34.6. The number of aliphatic hydroxyl groups is 7. The van der Waals surface area contributed by atoms with Gasteiger partial charge in [0.05, 0.1) is 25.4 Å². The lowest BCUT2D eigenvalue weighted by Crippen LogP contribution is -2.60. The van der Waals surface area contributed by atoms with Crippen molar-refractivity contribution in [2.45, 2.75) is 236 Å². The van der Waals surface area contributed by atoms with Crippen LogP contribution in [0.5, 0.6) is 0 Å². The first-order chi connectivity index (χ1) is 26.7. The molecule has 0 saturated carbocycles. The SMILES string of the molecule is CC/C=C\C/C=C\CCCCCCCCCCCCCCCC(O)C(=O)NC(COC1OC(CO)C(O)C(O)C1O)C(O)C(O)CCCCCCCCCC. The second-order valence-corrected chi connectivity index (χ2v) is 15.7. The third-order valence-corrected chi connectivity index (χ3v) is 10.8. The molecule has 324 valence electrons. The highest BCUT2D eigenvalue weighted by molar-refractivity contribution is 5.80. The molecular formula is C44H83NO10. The van der Waals surface area contributed by atoms with Gasteiger partial charge in [0, 0.05) is 0 Å². The van der Waals surface area contributed by atoms with Gasteiger partial charge >= 0.3 is 0 Å². The number of ether oxygens (including phenoxy) is 2. The Morgan fingerprint density at radius 2 is 1.16 bits per heavy atom. The van der Waals surface area contributed by atoms with Gasteiger partial charge in [-0.05, 0) is 38.5 Å². The molecule has 8 N–H and O–H groups in total. The van der Waals surface area contributed by atoms with Crippen LogP contribution in [0, 0.1) is 0 Å². The highest BCUT2D eigenvalue weighted by Crippen LogP contribution is 2.23. The number of aliphatic hydroxyl groups excluding tert-OH is 7. The zero-order valence-corrected chi connectivity index (χ0v) is 34.7. The van der Waals surface area contributed by atoms with Crippen molar-refractivity contribution in [1.82, 2.24) is 5.32 Å². The molecule has 0 aromatic heterocycles. The number of amides is 1. The highest BCUT2D eigenvalue weighted by Gasteiger charge is 2.44.